The zero-order chi connectivity index (χ0) is 13.1. The van der Waals surface area contributed by atoms with E-state index in [9.17, 15) is 0 Å². The summed E-state index contributed by atoms with van der Waals surface area (Å²) in [5.74, 6) is 2.33. The van der Waals surface area contributed by atoms with Crippen LogP contribution in [0.1, 0.15) is 38.7 Å². The van der Waals surface area contributed by atoms with Crippen LogP contribution in [-0.2, 0) is 5.33 Å². The SMILES string of the molecule is CC1CC(C)CC(Oc2ccc(CBr)cc2Cl)C1. The highest BCUT2D eigenvalue weighted by Gasteiger charge is 2.25. The summed E-state index contributed by atoms with van der Waals surface area (Å²) in [6.07, 6.45) is 3.91. The molecule has 3 heteroatoms. The van der Waals surface area contributed by atoms with Gasteiger partial charge in [0, 0.05) is 5.33 Å². The van der Waals surface area contributed by atoms with Crippen molar-refractivity contribution in [3.63, 3.8) is 0 Å². The Kier molecular flexibility index (Phi) is 4.97. The maximum Gasteiger partial charge on any atom is 0.138 e. The first kappa shape index (κ1) is 14.2. The van der Waals surface area contributed by atoms with E-state index in [-0.39, 0.29) is 0 Å². The van der Waals surface area contributed by atoms with Gasteiger partial charge in [-0.3, -0.25) is 0 Å². The van der Waals surface area contributed by atoms with E-state index in [1.807, 2.05) is 12.1 Å². The van der Waals surface area contributed by atoms with Crippen molar-refractivity contribution in [1.29, 1.82) is 0 Å². The van der Waals surface area contributed by atoms with E-state index in [1.54, 1.807) is 0 Å². The van der Waals surface area contributed by atoms with Crippen LogP contribution in [0.5, 0.6) is 5.75 Å². The molecule has 0 amide bonds. The molecule has 100 valence electrons. The van der Waals surface area contributed by atoms with E-state index < -0.39 is 0 Å². The van der Waals surface area contributed by atoms with Gasteiger partial charge in [-0.2, -0.15) is 0 Å². The molecule has 1 fully saturated rings. The lowest BCUT2D eigenvalue weighted by atomic mass is 9.82. The Labute approximate surface area is 123 Å². The predicted octanol–water partition coefficient (Wildman–Crippen LogP) is 5.44. The third kappa shape index (κ3) is 3.64. The summed E-state index contributed by atoms with van der Waals surface area (Å²) in [6, 6.07) is 6.02. The molecule has 0 radical (unpaired) electrons. The van der Waals surface area contributed by atoms with Crippen molar-refractivity contribution in [2.24, 2.45) is 11.8 Å². The molecule has 1 aliphatic rings. The molecule has 1 aliphatic carbocycles. The maximum absolute atomic E-state index is 6.25. The Hall–Kier alpha value is -0.210. The molecule has 0 N–H and O–H groups in total. The van der Waals surface area contributed by atoms with Gasteiger partial charge >= 0.3 is 0 Å². The number of ether oxygens (including phenoxy) is 1. The molecule has 1 aromatic carbocycles. The van der Waals surface area contributed by atoms with Gasteiger partial charge in [0.05, 0.1) is 11.1 Å². The molecule has 0 aromatic heterocycles. The number of hydrogen-bond donors (Lipinski definition) is 0. The van der Waals surface area contributed by atoms with Crippen molar-refractivity contribution >= 4 is 27.5 Å². The van der Waals surface area contributed by atoms with Crippen molar-refractivity contribution in [3.05, 3.63) is 28.8 Å². The van der Waals surface area contributed by atoms with Crippen LogP contribution in [-0.4, -0.2) is 6.10 Å². The van der Waals surface area contributed by atoms with Gasteiger partial charge in [0.1, 0.15) is 5.75 Å². The van der Waals surface area contributed by atoms with Crippen LogP contribution < -0.4 is 4.74 Å². The molecule has 0 spiro atoms. The number of hydrogen-bond acceptors (Lipinski definition) is 1. The Balaban J connectivity index is 2.04. The summed E-state index contributed by atoms with van der Waals surface area (Å²) >= 11 is 9.69. The minimum Gasteiger partial charge on any atom is -0.489 e. The van der Waals surface area contributed by atoms with Crippen molar-refractivity contribution < 1.29 is 4.74 Å². The highest BCUT2D eigenvalue weighted by Crippen LogP contribution is 2.34. The molecular weight excluding hydrogens is 312 g/mol. The van der Waals surface area contributed by atoms with Crippen LogP contribution in [0.3, 0.4) is 0 Å². The van der Waals surface area contributed by atoms with Gasteiger partial charge in [-0.1, -0.05) is 47.4 Å². The second-order valence-electron chi connectivity index (χ2n) is 5.56. The lowest BCUT2D eigenvalue weighted by Gasteiger charge is -2.32. The third-order valence-electron chi connectivity index (χ3n) is 3.58. The first-order valence-electron chi connectivity index (χ1n) is 6.59. The largest absolute Gasteiger partial charge is 0.489 e. The van der Waals surface area contributed by atoms with Crippen LogP contribution in [0.15, 0.2) is 18.2 Å². The number of halogens is 2. The fourth-order valence-electron chi connectivity index (χ4n) is 2.87. The lowest BCUT2D eigenvalue weighted by Crippen LogP contribution is -2.28. The van der Waals surface area contributed by atoms with Crippen LogP contribution in [0.25, 0.3) is 0 Å². The molecule has 2 rings (SSSR count). The van der Waals surface area contributed by atoms with Crippen molar-refractivity contribution in [1.82, 2.24) is 0 Å². The quantitative estimate of drug-likeness (QED) is 0.670. The zero-order valence-corrected chi connectivity index (χ0v) is 13.3. The van der Waals surface area contributed by atoms with Crippen LogP contribution >= 0.6 is 27.5 Å². The Morgan fingerprint density at radius 1 is 1.22 bits per heavy atom. The van der Waals surface area contributed by atoms with Crippen LogP contribution in [0.4, 0.5) is 0 Å². The molecule has 18 heavy (non-hydrogen) atoms. The first-order chi connectivity index (χ1) is 8.58. The molecule has 0 bridgehead atoms. The summed E-state index contributed by atoms with van der Waals surface area (Å²) in [5, 5.41) is 1.54. The van der Waals surface area contributed by atoms with Crippen molar-refractivity contribution in [2.75, 3.05) is 0 Å². The molecule has 1 aromatic rings. The van der Waals surface area contributed by atoms with Crippen LogP contribution in [0, 0.1) is 11.8 Å². The average Bonchev–Trinajstić information content (AvgIpc) is 2.30. The highest BCUT2D eigenvalue weighted by atomic mass is 79.9. The molecule has 2 atom stereocenters. The molecule has 0 aliphatic heterocycles. The topological polar surface area (TPSA) is 9.23 Å². The van der Waals surface area contributed by atoms with Gasteiger partial charge in [-0.25, -0.2) is 0 Å². The normalized spacial score (nSPS) is 28.1. The van der Waals surface area contributed by atoms with E-state index in [4.69, 9.17) is 16.3 Å². The standard InChI is InChI=1S/C15H20BrClO/c1-10-5-11(2)7-13(6-10)18-15-4-3-12(9-16)8-14(15)17/h3-4,8,10-11,13H,5-7,9H2,1-2H3. The van der Waals surface area contributed by atoms with Gasteiger partial charge in [0.15, 0.2) is 0 Å². The molecule has 1 saturated carbocycles. The molecule has 2 unspecified atom stereocenters. The van der Waals surface area contributed by atoms with E-state index >= 15 is 0 Å². The zero-order valence-electron chi connectivity index (χ0n) is 11.0. The second kappa shape index (κ2) is 6.29. The van der Waals surface area contributed by atoms with Crippen molar-refractivity contribution in [3.8, 4) is 5.75 Å². The number of rotatable bonds is 3. The number of benzene rings is 1. The van der Waals surface area contributed by atoms with Gasteiger partial charge in [-0.15, -0.1) is 0 Å². The van der Waals surface area contributed by atoms with E-state index in [0.29, 0.717) is 6.10 Å². The monoisotopic (exact) mass is 330 g/mol. The van der Waals surface area contributed by atoms with Gasteiger partial charge < -0.3 is 4.74 Å². The Bertz CT molecular complexity index is 397. The molecule has 0 saturated heterocycles. The summed E-state index contributed by atoms with van der Waals surface area (Å²) in [4.78, 5) is 0. The van der Waals surface area contributed by atoms with Crippen molar-refractivity contribution in [2.45, 2.75) is 44.5 Å². The Morgan fingerprint density at radius 2 is 1.89 bits per heavy atom. The summed E-state index contributed by atoms with van der Waals surface area (Å²) in [5.41, 5.74) is 1.18. The van der Waals surface area contributed by atoms with E-state index in [1.165, 1.54) is 12.0 Å². The first-order valence-corrected chi connectivity index (χ1v) is 8.09. The lowest BCUT2D eigenvalue weighted by molar-refractivity contribution is 0.101. The van der Waals surface area contributed by atoms with E-state index in [2.05, 4.69) is 35.8 Å². The number of alkyl halides is 1. The molecule has 1 nitrogen and oxygen atoms in total. The molecular formula is C15H20BrClO. The minimum atomic E-state index is 0.316. The highest BCUT2D eigenvalue weighted by molar-refractivity contribution is 9.08. The maximum atomic E-state index is 6.25. The third-order valence-corrected chi connectivity index (χ3v) is 4.52. The summed E-state index contributed by atoms with van der Waals surface area (Å²) in [7, 11) is 0. The van der Waals surface area contributed by atoms with Gasteiger partial charge in [-0.05, 0) is 48.8 Å². The fourth-order valence-corrected chi connectivity index (χ4v) is 3.47. The van der Waals surface area contributed by atoms with Crippen LogP contribution in [0.2, 0.25) is 5.02 Å². The predicted molar refractivity (Wildman–Crippen MR) is 80.7 cm³/mol. The molecule has 0 heterocycles. The Morgan fingerprint density at radius 3 is 2.44 bits per heavy atom. The average molecular weight is 332 g/mol. The smallest absolute Gasteiger partial charge is 0.138 e. The fraction of sp³-hybridized carbons (Fsp3) is 0.600. The van der Waals surface area contributed by atoms with E-state index in [0.717, 1.165) is 40.8 Å². The van der Waals surface area contributed by atoms with Gasteiger partial charge in [0.2, 0.25) is 0 Å². The second-order valence-corrected chi connectivity index (χ2v) is 6.52. The summed E-state index contributed by atoms with van der Waals surface area (Å²) in [6.45, 7) is 4.61. The minimum absolute atomic E-state index is 0.316. The summed E-state index contributed by atoms with van der Waals surface area (Å²) < 4.78 is 6.08. The van der Waals surface area contributed by atoms with Gasteiger partial charge in [0.25, 0.3) is 0 Å².